The summed E-state index contributed by atoms with van der Waals surface area (Å²) in [5.74, 6) is 0.794. The zero-order chi connectivity index (χ0) is 21.6. The number of aryl methyl sites for hydroxylation is 1. The standard InChI is InChI=1S/C25H23N3O3/c1-18-5-3-4-6-22(18)19-7-9-20(10-8-19)27-25(29)16-31-23-12-11-21(15-24(23)30-2)28-14-13-26-17-28/h3-15,17H,16H2,1-2H3,(H,27,29). The molecule has 0 atom stereocenters. The number of nitrogens with one attached hydrogen (secondary N) is 1. The van der Waals surface area contributed by atoms with Crippen molar-refractivity contribution in [2.75, 3.05) is 19.0 Å². The average molecular weight is 413 g/mol. The molecule has 1 N–H and O–H groups in total. The number of rotatable bonds is 7. The van der Waals surface area contributed by atoms with Crippen LogP contribution >= 0.6 is 0 Å². The SMILES string of the molecule is COc1cc(-n2ccnc2)ccc1OCC(=O)Nc1ccc(-c2ccccc2C)cc1. The highest BCUT2D eigenvalue weighted by molar-refractivity contribution is 5.92. The van der Waals surface area contributed by atoms with Gasteiger partial charge in [0.2, 0.25) is 0 Å². The van der Waals surface area contributed by atoms with Gasteiger partial charge in [-0.2, -0.15) is 0 Å². The molecule has 3 aromatic carbocycles. The van der Waals surface area contributed by atoms with Crippen LogP contribution in [0.4, 0.5) is 5.69 Å². The number of hydrogen-bond donors (Lipinski definition) is 1. The zero-order valence-corrected chi connectivity index (χ0v) is 17.4. The molecule has 4 rings (SSSR count). The number of anilines is 1. The van der Waals surface area contributed by atoms with E-state index in [1.807, 2.05) is 59.3 Å². The molecule has 156 valence electrons. The monoisotopic (exact) mass is 413 g/mol. The lowest BCUT2D eigenvalue weighted by molar-refractivity contribution is -0.118. The normalized spacial score (nSPS) is 10.5. The fourth-order valence-corrected chi connectivity index (χ4v) is 3.32. The zero-order valence-electron chi connectivity index (χ0n) is 17.4. The molecule has 1 aromatic heterocycles. The van der Waals surface area contributed by atoms with E-state index in [1.165, 1.54) is 11.1 Å². The van der Waals surface area contributed by atoms with Crippen LogP contribution in [0, 0.1) is 6.92 Å². The molecular weight excluding hydrogens is 390 g/mol. The molecule has 0 saturated carbocycles. The molecule has 0 spiro atoms. The van der Waals surface area contributed by atoms with E-state index < -0.39 is 0 Å². The minimum atomic E-state index is -0.246. The second-order valence-corrected chi connectivity index (χ2v) is 7.03. The maximum absolute atomic E-state index is 12.4. The summed E-state index contributed by atoms with van der Waals surface area (Å²) in [5, 5.41) is 2.86. The first kappa shape index (κ1) is 20.2. The Bertz CT molecular complexity index is 1170. The Morgan fingerprint density at radius 1 is 1.03 bits per heavy atom. The van der Waals surface area contributed by atoms with Crippen LogP contribution in [0.25, 0.3) is 16.8 Å². The van der Waals surface area contributed by atoms with Crippen LogP contribution in [0.15, 0.2) is 85.5 Å². The number of carbonyl (C=O) groups excluding carboxylic acids is 1. The molecule has 0 aliphatic carbocycles. The third kappa shape index (κ3) is 4.75. The molecule has 1 heterocycles. The number of hydrogen-bond acceptors (Lipinski definition) is 4. The minimum Gasteiger partial charge on any atom is -0.493 e. The van der Waals surface area contributed by atoms with Crippen molar-refractivity contribution in [3.05, 3.63) is 91.0 Å². The molecule has 4 aromatic rings. The van der Waals surface area contributed by atoms with Gasteiger partial charge in [-0.25, -0.2) is 4.98 Å². The van der Waals surface area contributed by atoms with Crippen molar-refractivity contribution in [2.24, 2.45) is 0 Å². The van der Waals surface area contributed by atoms with Crippen molar-refractivity contribution in [2.45, 2.75) is 6.92 Å². The van der Waals surface area contributed by atoms with E-state index in [2.05, 4.69) is 29.4 Å². The van der Waals surface area contributed by atoms with E-state index in [0.717, 1.165) is 11.3 Å². The predicted octanol–water partition coefficient (Wildman–Crippen LogP) is 4.87. The molecule has 0 radical (unpaired) electrons. The first-order chi connectivity index (χ1) is 15.1. The van der Waals surface area contributed by atoms with Crippen LogP contribution < -0.4 is 14.8 Å². The van der Waals surface area contributed by atoms with E-state index in [9.17, 15) is 4.79 Å². The molecule has 0 fully saturated rings. The maximum Gasteiger partial charge on any atom is 0.262 e. The smallest absolute Gasteiger partial charge is 0.262 e. The van der Waals surface area contributed by atoms with Gasteiger partial charge in [0.05, 0.1) is 19.1 Å². The van der Waals surface area contributed by atoms with E-state index in [-0.39, 0.29) is 12.5 Å². The Labute approximate surface area is 181 Å². The molecule has 1 amide bonds. The number of carbonyl (C=O) groups is 1. The Hall–Kier alpha value is -4.06. The van der Waals surface area contributed by atoms with Gasteiger partial charge in [0, 0.05) is 24.1 Å². The number of aromatic nitrogens is 2. The van der Waals surface area contributed by atoms with Crippen molar-refractivity contribution in [1.82, 2.24) is 9.55 Å². The topological polar surface area (TPSA) is 65.4 Å². The Balaban J connectivity index is 1.38. The van der Waals surface area contributed by atoms with Crippen LogP contribution in [0.3, 0.4) is 0 Å². The molecule has 0 bridgehead atoms. The number of ether oxygens (including phenoxy) is 2. The van der Waals surface area contributed by atoms with E-state index >= 15 is 0 Å². The van der Waals surface area contributed by atoms with Gasteiger partial charge in [0.1, 0.15) is 0 Å². The van der Waals surface area contributed by atoms with Gasteiger partial charge < -0.3 is 19.4 Å². The van der Waals surface area contributed by atoms with Crippen LogP contribution in [-0.2, 0) is 4.79 Å². The maximum atomic E-state index is 12.4. The Kier molecular flexibility index (Phi) is 5.98. The van der Waals surface area contributed by atoms with E-state index in [1.54, 1.807) is 25.7 Å². The number of imidazole rings is 1. The van der Waals surface area contributed by atoms with Crippen LogP contribution in [0.2, 0.25) is 0 Å². The first-order valence-electron chi connectivity index (χ1n) is 9.89. The largest absolute Gasteiger partial charge is 0.493 e. The fraction of sp³-hybridized carbons (Fsp3) is 0.120. The van der Waals surface area contributed by atoms with Gasteiger partial charge in [-0.1, -0.05) is 36.4 Å². The van der Waals surface area contributed by atoms with E-state index in [0.29, 0.717) is 17.2 Å². The molecule has 0 aliphatic heterocycles. The van der Waals surface area contributed by atoms with Gasteiger partial charge in [0.15, 0.2) is 18.1 Å². The van der Waals surface area contributed by atoms with E-state index in [4.69, 9.17) is 9.47 Å². The molecule has 0 unspecified atom stereocenters. The quantitative estimate of drug-likeness (QED) is 0.469. The van der Waals surface area contributed by atoms with Gasteiger partial charge in [-0.3, -0.25) is 4.79 Å². The Morgan fingerprint density at radius 3 is 2.55 bits per heavy atom. The molecule has 6 heteroatoms. The van der Waals surface area contributed by atoms with Crippen molar-refractivity contribution >= 4 is 11.6 Å². The number of nitrogens with zero attached hydrogens (tertiary/aromatic N) is 2. The molecule has 6 nitrogen and oxygen atoms in total. The third-order valence-electron chi connectivity index (χ3n) is 4.93. The Morgan fingerprint density at radius 2 is 1.84 bits per heavy atom. The molecule has 31 heavy (non-hydrogen) atoms. The minimum absolute atomic E-state index is 0.125. The summed E-state index contributed by atoms with van der Waals surface area (Å²) in [6.45, 7) is 1.96. The van der Waals surface area contributed by atoms with Crippen molar-refractivity contribution in [3.63, 3.8) is 0 Å². The summed E-state index contributed by atoms with van der Waals surface area (Å²) < 4.78 is 13.0. The predicted molar refractivity (Wildman–Crippen MR) is 121 cm³/mol. The van der Waals surface area contributed by atoms with Crippen LogP contribution in [0.5, 0.6) is 11.5 Å². The summed E-state index contributed by atoms with van der Waals surface area (Å²) in [4.78, 5) is 16.4. The highest BCUT2D eigenvalue weighted by atomic mass is 16.5. The van der Waals surface area contributed by atoms with Gasteiger partial charge in [-0.05, 0) is 47.9 Å². The lowest BCUT2D eigenvalue weighted by Gasteiger charge is -2.13. The number of amides is 1. The first-order valence-corrected chi connectivity index (χ1v) is 9.89. The molecule has 0 saturated heterocycles. The molecule has 0 aliphatic rings. The van der Waals surface area contributed by atoms with Crippen LogP contribution in [0.1, 0.15) is 5.56 Å². The second kappa shape index (κ2) is 9.17. The fourth-order valence-electron chi connectivity index (χ4n) is 3.32. The van der Waals surface area contributed by atoms with Crippen molar-refractivity contribution in [1.29, 1.82) is 0 Å². The van der Waals surface area contributed by atoms with Crippen molar-refractivity contribution < 1.29 is 14.3 Å². The second-order valence-electron chi connectivity index (χ2n) is 7.03. The van der Waals surface area contributed by atoms with Crippen LogP contribution in [-0.4, -0.2) is 29.2 Å². The summed E-state index contributed by atoms with van der Waals surface area (Å²) in [5.41, 5.74) is 5.10. The van der Waals surface area contributed by atoms with Gasteiger partial charge in [0.25, 0.3) is 5.91 Å². The highest BCUT2D eigenvalue weighted by Gasteiger charge is 2.10. The van der Waals surface area contributed by atoms with Crippen molar-refractivity contribution in [3.8, 4) is 28.3 Å². The summed E-state index contributed by atoms with van der Waals surface area (Å²) in [6.07, 6.45) is 5.25. The summed E-state index contributed by atoms with van der Waals surface area (Å²) in [6, 6.07) is 21.5. The molecular formula is C25H23N3O3. The summed E-state index contributed by atoms with van der Waals surface area (Å²) >= 11 is 0. The third-order valence-corrected chi connectivity index (χ3v) is 4.93. The lowest BCUT2D eigenvalue weighted by atomic mass is 10.0. The van der Waals surface area contributed by atoms with Gasteiger partial charge in [-0.15, -0.1) is 0 Å². The van der Waals surface area contributed by atoms with Gasteiger partial charge >= 0.3 is 0 Å². The summed E-state index contributed by atoms with van der Waals surface area (Å²) in [7, 11) is 1.57. The lowest BCUT2D eigenvalue weighted by Crippen LogP contribution is -2.20. The number of benzene rings is 3. The number of methoxy groups -OCH3 is 1. The highest BCUT2D eigenvalue weighted by Crippen LogP contribution is 2.29. The average Bonchev–Trinajstić information content (AvgIpc) is 3.34.